The lowest BCUT2D eigenvalue weighted by Gasteiger charge is -2.33. The van der Waals surface area contributed by atoms with Crippen molar-refractivity contribution >= 4 is 11.7 Å². The molecule has 174 valence electrons. The van der Waals surface area contributed by atoms with Crippen LogP contribution in [-0.4, -0.2) is 44.8 Å². The topological polar surface area (TPSA) is 95.2 Å². The summed E-state index contributed by atoms with van der Waals surface area (Å²) in [6.45, 7) is 1.10. The molecule has 1 amide bonds. The average Bonchev–Trinajstić information content (AvgIpc) is 3.54. The van der Waals surface area contributed by atoms with Crippen LogP contribution in [-0.2, 0) is 6.54 Å². The number of carbonyl (C=O) groups excluding carboxylic acids is 1. The zero-order valence-electron chi connectivity index (χ0n) is 17.4. The largest absolute Gasteiger partial charge is 0.454 e. The molecule has 3 aromatic rings. The monoisotopic (exact) mass is 462 g/mol. The summed E-state index contributed by atoms with van der Waals surface area (Å²) in [6.07, 6.45) is 0.982. The van der Waals surface area contributed by atoms with Crippen LogP contribution in [0, 0.1) is 0 Å². The van der Waals surface area contributed by atoms with Crippen molar-refractivity contribution in [3.8, 4) is 11.5 Å². The van der Waals surface area contributed by atoms with E-state index in [2.05, 4.69) is 20.7 Å². The maximum absolute atomic E-state index is 13.9. The molecule has 2 aliphatic rings. The van der Waals surface area contributed by atoms with Crippen molar-refractivity contribution in [2.24, 2.45) is 0 Å². The minimum absolute atomic E-state index is 0.0688. The minimum Gasteiger partial charge on any atom is -0.454 e. The van der Waals surface area contributed by atoms with E-state index in [0.717, 1.165) is 4.68 Å². The maximum atomic E-state index is 13.9. The Balaban J connectivity index is 1.31. The molecule has 2 aromatic heterocycles. The van der Waals surface area contributed by atoms with E-state index in [9.17, 15) is 18.0 Å². The van der Waals surface area contributed by atoms with Gasteiger partial charge in [-0.3, -0.25) is 4.79 Å². The number of benzene rings is 1. The number of alkyl halides is 3. The smallest absolute Gasteiger partial charge is 0.410 e. The number of rotatable bonds is 6. The fourth-order valence-electron chi connectivity index (χ4n) is 4.01. The third-order valence-electron chi connectivity index (χ3n) is 5.66. The Labute approximate surface area is 186 Å². The van der Waals surface area contributed by atoms with Crippen molar-refractivity contribution in [2.45, 2.75) is 37.6 Å². The molecular weight excluding hydrogens is 441 g/mol. The van der Waals surface area contributed by atoms with E-state index < -0.39 is 24.2 Å². The maximum Gasteiger partial charge on any atom is 0.410 e. The standard InChI is InChI=1S/C21H21F3N6O3/c22-21(23,24)18-9-14(13-2-3-16-17(8-13)33-12-32-16)27-19-10-15(28-30(18)19)20(31)26-4-1-6-29-7-5-25-11-29/h2-3,5,7-8,10-11,14,18,27H,1,4,6,9,12H2,(H,26,31)/t14-,18+/m0/s1. The number of halogens is 3. The van der Waals surface area contributed by atoms with E-state index in [0.29, 0.717) is 36.6 Å². The van der Waals surface area contributed by atoms with E-state index in [1.165, 1.54) is 6.07 Å². The van der Waals surface area contributed by atoms with Crippen LogP contribution in [0.1, 0.15) is 41.0 Å². The van der Waals surface area contributed by atoms with Gasteiger partial charge >= 0.3 is 6.18 Å². The molecule has 0 unspecified atom stereocenters. The lowest BCUT2D eigenvalue weighted by molar-refractivity contribution is -0.173. The molecule has 2 aliphatic heterocycles. The second-order valence-corrected chi connectivity index (χ2v) is 7.87. The quantitative estimate of drug-likeness (QED) is 0.546. The first kappa shape index (κ1) is 21.2. The lowest BCUT2D eigenvalue weighted by Crippen LogP contribution is -2.35. The van der Waals surface area contributed by atoms with Crippen molar-refractivity contribution in [1.82, 2.24) is 24.6 Å². The molecule has 9 nitrogen and oxygen atoms in total. The summed E-state index contributed by atoms with van der Waals surface area (Å²) < 4.78 is 55.0. The zero-order valence-corrected chi connectivity index (χ0v) is 17.4. The third-order valence-corrected chi connectivity index (χ3v) is 5.66. The SMILES string of the molecule is O=C(NCCCn1ccnc1)c1cc2n(n1)[C@@H](C(F)(F)F)C[C@@H](c1ccc3c(c1)OCO3)N2. The molecule has 2 atom stereocenters. The van der Waals surface area contributed by atoms with Crippen LogP contribution in [0.25, 0.3) is 0 Å². The third kappa shape index (κ3) is 4.32. The lowest BCUT2D eigenvalue weighted by atomic mass is 9.96. The highest BCUT2D eigenvalue weighted by molar-refractivity contribution is 5.93. The van der Waals surface area contributed by atoms with Gasteiger partial charge in [0.15, 0.2) is 23.2 Å². The van der Waals surface area contributed by atoms with Gasteiger partial charge in [-0.25, -0.2) is 9.67 Å². The fourth-order valence-corrected chi connectivity index (χ4v) is 4.01. The van der Waals surface area contributed by atoms with Gasteiger partial charge in [-0.05, 0) is 24.1 Å². The second-order valence-electron chi connectivity index (χ2n) is 7.87. The number of hydrogen-bond acceptors (Lipinski definition) is 6. The van der Waals surface area contributed by atoms with Crippen LogP contribution in [0.15, 0.2) is 43.0 Å². The molecule has 1 aromatic carbocycles. The number of hydrogen-bond donors (Lipinski definition) is 2. The Morgan fingerprint density at radius 3 is 2.88 bits per heavy atom. The number of anilines is 1. The van der Waals surface area contributed by atoms with Crippen LogP contribution in [0.3, 0.4) is 0 Å². The molecule has 4 heterocycles. The van der Waals surface area contributed by atoms with Crippen molar-refractivity contribution in [1.29, 1.82) is 0 Å². The highest BCUT2D eigenvalue weighted by Gasteiger charge is 2.47. The van der Waals surface area contributed by atoms with Gasteiger partial charge in [0, 0.05) is 38.0 Å². The average molecular weight is 462 g/mol. The van der Waals surface area contributed by atoms with E-state index in [1.54, 1.807) is 30.7 Å². The predicted molar refractivity (Wildman–Crippen MR) is 110 cm³/mol. The van der Waals surface area contributed by atoms with E-state index in [1.807, 2.05) is 10.8 Å². The summed E-state index contributed by atoms with van der Waals surface area (Å²) in [4.78, 5) is 16.5. The number of fused-ring (bicyclic) bond motifs is 2. The zero-order chi connectivity index (χ0) is 23.0. The van der Waals surface area contributed by atoms with Crippen molar-refractivity contribution < 1.29 is 27.4 Å². The number of nitrogens with zero attached hydrogens (tertiary/aromatic N) is 4. The molecule has 2 N–H and O–H groups in total. The minimum atomic E-state index is -4.53. The number of amides is 1. The number of imidazole rings is 1. The molecular formula is C21H21F3N6O3. The number of ether oxygens (including phenoxy) is 2. The fraction of sp³-hybridized carbons (Fsp3) is 0.381. The number of aromatic nitrogens is 4. The Kier molecular flexibility index (Phi) is 5.35. The molecule has 0 radical (unpaired) electrons. The van der Waals surface area contributed by atoms with Crippen LogP contribution in [0.4, 0.5) is 19.0 Å². The van der Waals surface area contributed by atoms with Gasteiger partial charge in [-0.1, -0.05) is 6.07 Å². The van der Waals surface area contributed by atoms with E-state index in [-0.39, 0.29) is 24.7 Å². The Bertz CT molecular complexity index is 1140. The van der Waals surface area contributed by atoms with Crippen molar-refractivity contribution in [3.63, 3.8) is 0 Å². The number of nitrogens with one attached hydrogen (secondary N) is 2. The van der Waals surface area contributed by atoms with E-state index >= 15 is 0 Å². The predicted octanol–water partition coefficient (Wildman–Crippen LogP) is 3.29. The summed E-state index contributed by atoms with van der Waals surface area (Å²) in [5, 5.41) is 9.76. The van der Waals surface area contributed by atoms with Gasteiger partial charge in [0.25, 0.3) is 5.91 Å². The molecule has 33 heavy (non-hydrogen) atoms. The van der Waals surface area contributed by atoms with Crippen LogP contribution in [0.2, 0.25) is 0 Å². The summed E-state index contributed by atoms with van der Waals surface area (Å²) in [6, 6.07) is 3.90. The van der Waals surface area contributed by atoms with Crippen molar-refractivity contribution in [3.05, 3.63) is 54.2 Å². The molecule has 0 saturated carbocycles. The van der Waals surface area contributed by atoms with Gasteiger partial charge < -0.3 is 24.7 Å². The highest BCUT2D eigenvalue weighted by atomic mass is 19.4. The molecule has 5 rings (SSSR count). The van der Waals surface area contributed by atoms with E-state index in [4.69, 9.17) is 9.47 Å². The summed E-state index contributed by atoms with van der Waals surface area (Å²) >= 11 is 0. The molecule has 0 fully saturated rings. The van der Waals surface area contributed by atoms with Gasteiger partial charge in [0.2, 0.25) is 6.79 Å². The Morgan fingerprint density at radius 2 is 2.09 bits per heavy atom. The normalized spacial score (nSPS) is 19.1. The van der Waals surface area contributed by atoms with Crippen LogP contribution < -0.4 is 20.1 Å². The van der Waals surface area contributed by atoms with Gasteiger partial charge in [0.1, 0.15) is 5.82 Å². The summed E-state index contributed by atoms with van der Waals surface area (Å²) in [5.41, 5.74) is 0.562. The summed E-state index contributed by atoms with van der Waals surface area (Å²) in [7, 11) is 0. The van der Waals surface area contributed by atoms with Gasteiger partial charge in [-0.15, -0.1) is 0 Å². The first-order chi connectivity index (χ1) is 15.9. The molecule has 0 spiro atoms. The molecule has 0 aliphatic carbocycles. The van der Waals surface area contributed by atoms with Crippen LogP contribution in [0.5, 0.6) is 11.5 Å². The number of aryl methyl sites for hydroxylation is 1. The Morgan fingerprint density at radius 1 is 1.24 bits per heavy atom. The first-order valence-corrected chi connectivity index (χ1v) is 10.4. The van der Waals surface area contributed by atoms with Gasteiger partial charge in [0.05, 0.1) is 12.4 Å². The number of carbonyl (C=O) groups is 1. The Hall–Kier alpha value is -3.70. The molecule has 0 bridgehead atoms. The van der Waals surface area contributed by atoms with Crippen LogP contribution >= 0.6 is 0 Å². The molecule has 12 heteroatoms. The van der Waals surface area contributed by atoms with Gasteiger partial charge in [-0.2, -0.15) is 18.3 Å². The van der Waals surface area contributed by atoms with Crippen molar-refractivity contribution in [2.75, 3.05) is 18.7 Å². The molecule has 0 saturated heterocycles. The second kappa shape index (κ2) is 8.34. The summed E-state index contributed by atoms with van der Waals surface area (Å²) in [5.74, 6) is 0.659. The highest BCUT2D eigenvalue weighted by Crippen LogP contribution is 2.45. The first-order valence-electron chi connectivity index (χ1n) is 10.4.